The normalized spacial score (nSPS) is 9.39. The van der Waals surface area contributed by atoms with Gasteiger partial charge >= 0.3 is 17.9 Å². The predicted octanol–water partition coefficient (Wildman–Crippen LogP) is 1.49. The number of carbonyl (C=O) groups excluding carboxylic acids is 4. The van der Waals surface area contributed by atoms with Crippen LogP contribution < -0.4 is 20.4 Å². The van der Waals surface area contributed by atoms with Gasteiger partial charge in [-0.15, -0.1) is 5.75 Å². The van der Waals surface area contributed by atoms with Crippen LogP contribution in [-0.2, 0) is 38.4 Å². The van der Waals surface area contributed by atoms with E-state index in [1.165, 1.54) is 91.0 Å². The Balaban J connectivity index is 0.000000397. The van der Waals surface area contributed by atoms with Crippen molar-refractivity contribution in [3.63, 3.8) is 0 Å². The molecule has 6 aromatic carbocycles. The fourth-order valence-electron chi connectivity index (χ4n) is 4.30. The number of carbonyl (C=O) groups is 7. The lowest BCUT2D eigenvalue weighted by molar-refractivity contribution is -0.306. The molecular weight excluding hydrogens is 872 g/mol. The van der Waals surface area contributed by atoms with Gasteiger partial charge in [-0.1, -0.05) is 54.3 Å². The first-order valence-corrected chi connectivity index (χ1v) is 18.2. The maximum Gasteiger partial charge on any atom is 0.372 e. The van der Waals surface area contributed by atoms with Crippen LogP contribution in [0.2, 0.25) is 0 Å². The molecule has 0 heterocycles. The third-order valence-corrected chi connectivity index (χ3v) is 7.55. The molecule has 6 rings (SSSR count). The maximum atomic E-state index is 10.7. The summed E-state index contributed by atoms with van der Waals surface area (Å²) in [5.74, 6) is -8.29. The first-order valence-electron chi connectivity index (χ1n) is 18.2. The number of aromatic carboxylic acids is 2. The molecule has 20 nitrogen and oxygen atoms in total. The number of ketones is 1. The van der Waals surface area contributed by atoms with Crippen molar-refractivity contribution in [2.45, 2.75) is 19.3 Å². The van der Waals surface area contributed by atoms with Gasteiger partial charge in [0.2, 0.25) is 5.78 Å². The molecule has 0 bridgehead atoms. The zero-order chi connectivity index (χ0) is 49.9. The van der Waals surface area contributed by atoms with E-state index in [-0.39, 0.29) is 64.9 Å². The van der Waals surface area contributed by atoms with E-state index in [0.29, 0.717) is 22.3 Å². The monoisotopic (exact) mass is 910 g/mol. The minimum absolute atomic E-state index is 0.0894. The molecule has 0 saturated heterocycles. The molecule has 0 aliphatic carbocycles. The van der Waals surface area contributed by atoms with Gasteiger partial charge < -0.3 is 76.0 Å². The summed E-state index contributed by atoms with van der Waals surface area (Å²) in [5, 5.41) is 119. The summed E-state index contributed by atoms with van der Waals surface area (Å²) >= 11 is 0. The Morgan fingerprint density at radius 2 is 0.848 bits per heavy atom. The minimum atomic E-state index is -1.44. The number of phenolic OH excluding ortho intramolecular Hbond substituents is 6. The van der Waals surface area contributed by atoms with Gasteiger partial charge in [0.1, 0.15) is 29.3 Å². The second kappa shape index (κ2) is 28.1. The highest BCUT2D eigenvalue weighted by Crippen LogP contribution is 2.25. The summed E-state index contributed by atoms with van der Waals surface area (Å²) in [5.41, 5.74) is 2.22. The summed E-state index contributed by atoms with van der Waals surface area (Å²) in [6, 6.07) is 29.8. The predicted molar refractivity (Wildman–Crippen MR) is 221 cm³/mol. The fraction of sp³-hybridized carbons (Fsp3) is 0.0652. The highest BCUT2D eigenvalue weighted by Gasteiger charge is 2.11. The Morgan fingerprint density at radius 1 is 0.439 bits per heavy atom. The molecule has 0 radical (unpaired) electrons. The molecule has 346 valence electrons. The lowest BCUT2D eigenvalue weighted by atomic mass is 10.1. The summed E-state index contributed by atoms with van der Waals surface area (Å²) in [6.07, 6.45) is 0.211. The molecule has 0 atom stereocenters. The average molecular weight is 911 g/mol. The molecule has 0 unspecified atom stereocenters. The van der Waals surface area contributed by atoms with Gasteiger partial charge in [-0.2, -0.15) is 0 Å². The molecule has 0 aliphatic rings. The van der Waals surface area contributed by atoms with Crippen molar-refractivity contribution >= 4 is 41.9 Å². The number of aromatic hydroxyl groups is 6. The molecular formula is C46H38O20-4. The quantitative estimate of drug-likeness (QED) is 0.0534. The fourth-order valence-corrected chi connectivity index (χ4v) is 4.30. The molecule has 0 spiro atoms. The van der Waals surface area contributed by atoms with Crippen LogP contribution >= 0.6 is 0 Å². The van der Waals surface area contributed by atoms with Gasteiger partial charge in [-0.05, 0) is 102 Å². The van der Waals surface area contributed by atoms with E-state index in [2.05, 4.69) is 0 Å². The molecule has 0 fully saturated rings. The summed E-state index contributed by atoms with van der Waals surface area (Å²) in [4.78, 5) is 71.6. The smallest absolute Gasteiger partial charge is 0.372 e. The third-order valence-electron chi connectivity index (χ3n) is 7.55. The standard InChI is InChI=1S/C9H8O4.C8H8O4.C8H8O3.C7H6O4.C7H6O3.C7H6O2/c10-7-3-1-6(2-4-7)5-8(11)9(12)13;9-6-2-1-5(3-7(6)10)4-8(11)12;9-7-3-1-6(2-4-7)5-8(10)11;8-5-2-1-4(7(10)11)3-6(5)9;8-6-3-1-5(2-4-6)7(9)10;8-5-6-1-3-7(9)4-2-6/h1-4,10H,5H2,(H,12,13);1-3,9-10H,4H2,(H,11,12);1-4,9H,5H2,(H,10,11);1-3,8-9H,(H,10,11);1-4,8H,(H,9,10);1-5,9H/p-4. The number of hydrogen-bond donors (Lipinski definition) is 9. The Kier molecular flexibility index (Phi) is 23.2. The SMILES string of the molecule is O=C(O)C(=O)Cc1ccc(O)cc1.O=C(O)c1ccc([O-])c(O)c1.O=C(O)c1ccc([O-])cc1.O=C([O-])Cc1ccc(O)c(O)c1.O=C([O-])Cc1ccc(O)cc1.O=Cc1ccc(O)cc1. The molecule has 0 aromatic heterocycles. The second-order valence-corrected chi connectivity index (χ2v) is 12.7. The van der Waals surface area contributed by atoms with Gasteiger partial charge in [0.05, 0.1) is 11.1 Å². The van der Waals surface area contributed by atoms with Gasteiger partial charge in [0.25, 0.3) is 0 Å². The lowest BCUT2D eigenvalue weighted by Crippen LogP contribution is -2.24. The zero-order valence-electron chi connectivity index (χ0n) is 33.9. The van der Waals surface area contributed by atoms with Crippen LogP contribution in [0.4, 0.5) is 0 Å². The average Bonchev–Trinajstić information content (AvgIpc) is 3.26. The van der Waals surface area contributed by atoms with E-state index in [0.717, 1.165) is 24.5 Å². The van der Waals surface area contributed by atoms with Crippen LogP contribution in [-0.4, -0.2) is 87.9 Å². The van der Waals surface area contributed by atoms with Crippen LogP contribution in [0.25, 0.3) is 0 Å². The number of Topliss-reactive ketones (excluding diaryl/α,β-unsaturated/α-hetero) is 1. The van der Waals surface area contributed by atoms with Crippen LogP contribution in [0, 0.1) is 0 Å². The van der Waals surface area contributed by atoms with Crippen molar-refractivity contribution in [2.24, 2.45) is 0 Å². The van der Waals surface area contributed by atoms with Crippen molar-refractivity contribution in [2.75, 3.05) is 0 Å². The summed E-state index contributed by atoms with van der Waals surface area (Å²) in [7, 11) is 0. The van der Waals surface area contributed by atoms with Crippen molar-refractivity contribution in [3.05, 3.63) is 167 Å². The highest BCUT2D eigenvalue weighted by atomic mass is 16.4. The van der Waals surface area contributed by atoms with Gasteiger partial charge in [0, 0.05) is 36.8 Å². The number of carboxylic acids is 5. The van der Waals surface area contributed by atoms with Crippen molar-refractivity contribution in [1.29, 1.82) is 0 Å². The number of carboxylic acid groups (broad SMARTS) is 5. The van der Waals surface area contributed by atoms with Crippen LogP contribution in [0.3, 0.4) is 0 Å². The first-order chi connectivity index (χ1) is 31.0. The van der Waals surface area contributed by atoms with E-state index < -0.39 is 47.1 Å². The highest BCUT2D eigenvalue weighted by molar-refractivity contribution is 6.33. The van der Waals surface area contributed by atoms with Crippen LogP contribution in [0.15, 0.2) is 133 Å². The number of aliphatic carboxylic acids is 3. The number of rotatable bonds is 10. The zero-order valence-corrected chi connectivity index (χ0v) is 33.9. The number of aldehydes is 1. The van der Waals surface area contributed by atoms with E-state index in [1.807, 2.05) is 0 Å². The van der Waals surface area contributed by atoms with Crippen LogP contribution in [0.5, 0.6) is 46.0 Å². The Hall–Kier alpha value is -9.59. The van der Waals surface area contributed by atoms with Gasteiger partial charge in [-0.25, -0.2) is 14.4 Å². The Morgan fingerprint density at radius 3 is 1.24 bits per heavy atom. The minimum Gasteiger partial charge on any atom is -0.872 e. The number of phenols is 6. The topological polar surface area (TPSA) is 394 Å². The first kappa shape index (κ1) is 54.4. The van der Waals surface area contributed by atoms with Crippen molar-refractivity contribution in [1.82, 2.24) is 0 Å². The molecule has 6 aromatic rings. The Bertz CT molecular complexity index is 2530. The molecule has 0 saturated carbocycles. The molecule has 9 N–H and O–H groups in total. The molecule has 0 aliphatic heterocycles. The van der Waals surface area contributed by atoms with E-state index in [4.69, 9.17) is 46.0 Å². The number of hydrogen-bond acceptors (Lipinski definition) is 17. The third kappa shape index (κ3) is 22.9. The van der Waals surface area contributed by atoms with E-state index >= 15 is 0 Å². The Labute approximate surface area is 373 Å². The van der Waals surface area contributed by atoms with Crippen molar-refractivity contribution < 1.29 is 99.9 Å². The summed E-state index contributed by atoms with van der Waals surface area (Å²) < 4.78 is 0. The maximum absolute atomic E-state index is 10.7. The van der Waals surface area contributed by atoms with Crippen LogP contribution in [0.1, 0.15) is 47.8 Å². The number of benzene rings is 6. The largest absolute Gasteiger partial charge is 0.872 e. The second-order valence-electron chi connectivity index (χ2n) is 12.7. The molecule has 66 heavy (non-hydrogen) atoms. The molecule has 0 amide bonds. The van der Waals surface area contributed by atoms with E-state index in [9.17, 15) is 54.0 Å². The molecule has 20 heteroatoms. The van der Waals surface area contributed by atoms with Crippen molar-refractivity contribution in [3.8, 4) is 46.0 Å². The lowest BCUT2D eigenvalue weighted by Gasteiger charge is -2.07. The van der Waals surface area contributed by atoms with E-state index in [1.54, 1.807) is 24.3 Å². The summed E-state index contributed by atoms with van der Waals surface area (Å²) in [6.45, 7) is 0. The van der Waals surface area contributed by atoms with Gasteiger partial charge in [-0.3, -0.25) is 9.59 Å². The van der Waals surface area contributed by atoms with Gasteiger partial charge in [0.15, 0.2) is 11.5 Å².